The summed E-state index contributed by atoms with van der Waals surface area (Å²) in [6.45, 7) is 4.24. The first-order chi connectivity index (χ1) is 6.77. The molecule has 1 aromatic rings. The third kappa shape index (κ3) is 3.26. The maximum Gasteiger partial charge on any atom is 0.172 e. The maximum absolute atomic E-state index is 11.5. The molecule has 14 heavy (non-hydrogen) atoms. The van der Waals surface area contributed by atoms with Gasteiger partial charge in [-0.3, -0.25) is 4.79 Å². The normalized spacial score (nSPS) is 10.4. The molecule has 0 saturated heterocycles. The first-order valence-corrected chi connectivity index (χ1v) is 6.21. The molecule has 0 unspecified atom stereocenters. The number of hydrogen-bond acceptors (Lipinski definition) is 2. The van der Waals surface area contributed by atoms with Gasteiger partial charge in [0, 0.05) is 11.3 Å². The Kier molecular flexibility index (Phi) is 4.88. The van der Waals surface area contributed by atoms with E-state index >= 15 is 0 Å². The van der Waals surface area contributed by atoms with E-state index in [0.29, 0.717) is 12.2 Å². The Morgan fingerprint density at radius 2 is 2.07 bits per heavy atom. The van der Waals surface area contributed by atoms with E-state index in [9.17, 15) is 4.79 Å². The Balaban J connectivity index is 2.54. The van der Waals surface area contributed by atoms with Crippen molar-refractivity contribution >= 4 is 17.1 Å². The summed E-state index contributed by atoms with van der Waals surface area (Å²) in [7, 11) is 0. The monoisotopic (exact) mass is 210 g/mol. The summed E-state index contributed by atoms with van der Waals surface area (Å²) in [5.41, 5.74) is 0. The Hall–Kier alpha value is -0.630. The molecule has 1 aromatic heterocycles. The SMILES string of the molecule is CCCCc1ccc(C(=O)CCC)s1. The molecule has 0 bridgehead atoms. The number of rotatable bonds is 6. The van der Waals surface area contributed by atoms with E-state index in [0.717, 1.165) is 17.7 Å². The van der Waals surface area contributed by atoms with Crippen molar-refractivity contribution in [2.75, 3.05) is 0 Å². The minimum atomic E-state index is 0.306. The van der Waals surface area contributed by atoms with Crippen LogP contribution >= 0.6 is 11.3 Å². The molecule has 0 aromatic carbocycles. The average molecular weight is 210 g/mol. The van der Waals surface area contributed by atoms with Gasteiger partial charge in [0.25, 0.3) is 0 Å². The van der Waals surface area contributed by atoms with Crippen molar-refractivity contribution in [3.8, 4) is 0 Å². The molecule has 0 aliphatic carbocycles. The van der Waals surface area contributed by atoms with Gasteiger partial charge in [0.2, 0.25) is 0 Å². The van der Waals surface area contributed by atoms with Crippen LogP contribution in [0.2, 0.25) is 0 Å². The van der Waals surface area contributed by atoms with E-state index in [1.165, 1.54) is 17.7 Å². The van der Waals surface area contributed by atoms with Gasteiger partial charge in [0.15, 0.2) is 5.78 Å². The van der Waals surface area contributed by atoms with E-state index in [1.807, 2.05) is 13.0 Å². The van der Waals surface area contributed by atoms with Crippen LogP contribution in [-0.4, -0.2) is 5.78 Å². The highest BCUT2D eigenvalue weighted by Crippen LogP contribution is 2.20. The van der Waals surface area contributed by atoms with Gasteiger partial charge in [0.05, 0.1) is 4.88 Å². The van der Waals surface area contributed by atoms with Crippen LogP contribution < -0.4 is 0 Å². The highest BCUT2D eigenvalue weighted by Gasteiger charge is 2.07. The molecule has 1 nitrogen and oxygen atoms in total. The van der Waals surface area contributed by atoms with Gasteiger partial charge in [-0.15, -0.1) is 11.3 Å². The van der Waals surface area contributed by atoms with Crippen LogP contribution in [0.3, 0.4) is 0 Å². The lowest BCUT2D eigenvalue weighted by Crippen LogP contribution is -1.93. The third-order valence-corrected chi connectivity index (χ3v) is 3.38. The van der Waals surface area contributed by atoms with Gasteiger partial charge in [-0.2, -0.15) is 0 Å². The maximum atomic E-state index is 11.5. The van der Waals surface area contributed by atoms with Crippen molar-refractivity contribution in [3.05, 3.63) is 21.9 Å². The average Bonchev–Trinajstić information content (AvgIpc) is 2.63. The van der Waals surface area contributed by atoms with Crippen LogP contribution in [0, 0.1) is 0 Å². The van der Waals surface area contributed by atoms with Crippen molar-refractivity contribution in [3.63, 3.8) is 0 Å². The number of carbonyl (C=O) groups is 1. The van der Waals surface area contributed by atoms with E-state index in [4.69, 9.17) is 0 Å². The third-order valence-electron chi connectivity index (χ3n) is 2.19. The molecular weight excluding hydrogens is 192 g/mol. The minimum Gasteiger partial charge on any atom is -0.293 e. The molecule has 2 heteroatoms. The standard InChI is InChI=1S/C12H18OS/c1-3-5-7-10-8-9-12(14-10)11(13)6-4-2/h8-9H,3-7H2,1-2H3. The summed E-state index contributed by atoms with van der Waals surface area (Å²) in [5.74, 6) is 0.306. The summed E-state index contributed by atoms with van der Waals surface area (Å²) in [6.07, 6.45) is 5.20. The highest BCUT2D eigenvalue weighted by atomic mass is 32.1. The minimum absolute atomic E-state index is 0.306. The molecule has 1 heterocycles. The quantitative estimate of drug-likeness (QED) is 0.647. The first-order valence-electron chi connectivity index (χ1n) is 5.39. The van der Waals surface area contributed by atoms with Gasteiger partial charge in [-0.1, -0.05) is 20.3 Å². The first kappa shape index (κ1) is 11.4. The zero-order valence-corrected chi connectivity index (χ0v) is 9.82. The van der Waals surface area contributed by atoms with Crippen LogP contribution in [0.1, 0.15) is 54.1 Å². The molecule has 0 N–H and O–H groups in total. The van der Waals surface area contributed by atoms with Gasteiger partial charge in [-0.05, 0) is 31.4 Å². The second-order valence-electron chi connectivity index (χ2n) is 3.54. The molecular formula is C12H18OS. The predicted octanol–water partition coefficient (Wildman–Crippen LogP) is 4.07. The van der Waals surface area contributed by atoms with Gasteiger partial charge in [0.1, 0.15) is 0 Å². The molecule has 0 aliphatic rings. The van der Waals surface area contributed by atoms with E-state index in [-0.39, 0.29) is 0 Å². The largest absolute Gasteiger partial charge is 0.293 e. The van der Waals surface area contributed by atoms with Gasteiger partial charge >= 0.3 is 0 Å². The summed E-state index contributed by atoms with van der Waals surface area (Å²) < 4.78 is 0. The van der Waals surface area contributed by atoms with Crippen LogP contribution in [0.4, 0.5) is 0 Å². The van der Waals surface area contributed by atoms with Crippen LogP contribution in [0.25, 0.3) is 0 Å². The molecule has 0 saturated carbocycles. The Morgan fingerprint density at radius 3 is 2.71 bits per heavy atom. The predicted molar refractivity (Wildman–Crippen MR) is 62.2 cm³/mol. The van der Waals surface area contributed by atoms with Gasteiger partial charge < -0.3 is 0 Å². The molecule has 0 spiro atoms. The lowest BCUT2D eigenvalue weighted by molar-refractivity contribution is 0.0985. The summed E-state index contributed by atoms with van der Waals surface area (Å²) in [4.78, 5) is 13.8. The lowest BCUT2D eigenvalue weighted by atomic mass is 10.2. The summed E-state index contributed by atoms with van der Waals surface area (Å²) in [6, 6.07) is 4.08. The number of carbonyl (C=O) groups excluding carboxylic acids is 1. The van der Waals surface area contributed by atoms with Gasteiger partial charge in [-0.25, -0.2) is 0 Å². The second kappa shape index (κ2) is 5.97. The van der Waals surface area contributed by atoms with Crippen molar-refractivity contribution in [2.24, 2.45) is 0 Å². The summed E-state index contributed by atoms with van der Waals surface area (Å²) >= 11 is 1.67. The van der Waals surface area contributed by atoms with Crippen molar-refractivity contribution in [1.29, 1.82) is 0 Å². The second-order valence-corrected chi connectivity index (χ2v) is 4.71. The van der Waals surface area contributed by atoms with Crippen LogP contribution in [0.15, 0.2) is 12.1 Å². The Labute approximate surface area is 90.2 Å². The molecule has 0 radical (unpaired) electrons. The number of aryl methyl sites for hydroxylation is 1. The zero-order valence-electron chi connectivity index (χ0n) is 9.01. The van der Waals surface area contributed by atoms with Crippen molar-refractivity contribution in [2.45, 2.75) is 46.0 Å². The molecule has 0 amide bonds. The fourth-order valence-corrected chi connectivity index (χ4v) is 2.38. The smallest absolute Gasteiger partial charge is 0.172 e. The molecule has 0 aliphatic heterocycles. The number of hydrogen-bond donors (Lipinski definition) is 0. The van der Waals surface area contributed by atoms with Crippen LogP contribution in [0.5, 0.6) is 0 Å². The fraction of sp³-hybridized carbons (Fsp3) is 0.583. The van der Waals surface area contributed by atoms with Crippen LogP contribution in [-0.2, 0) is 6.42 Å². The van der Waals surface area contributed by atoms with E-state index in [1.54, 1.807) is 11.3 Å². The summed E-state index contributed by atoms with van der Waals surface area (Å²) in [5, 5.41) is 0. The molecule has 0 atom stereocenters. The Bertz CT molecular complexity index is 288. The van der Waals surface area contributed by atoms with Crippen molar-refractivity contribution < 1.29 is 4.79 Å². The number of ketones is 1. The molecule has 78 valence electrons. The van der Waals surface area contributed by atoms with Crippen molar-refractivity contribution in [1.82, 2.24) is 0 Å². The number of Topliss-reactive ketones (excluding diaryl/α,β-unsaturated/α-hetero) is 1. The number of unbranched alkanes of at least 4 members (excludes halogenated alkanes) is 1. The highest BCUT2D eigenvalue weighted by molar-refractivity contribution is 7.14. The Morgan fingerprint density at radius 1 is 1.29 bits per heavy atom. The molecule has 0 fully saturated rings. The number of thiophene rings is 1. The topological polar surface area (TPSA) is 17.1 Å². The lowest BCUT2D eigenvalue weighted by Gasteiger charge is -1.94. The fourth-order valence-electron chi connectivity index (χ4n) is 1.36. The van der Waals surface area contributed by atoms with E-state index < -0.39 is 0 Å². The zero-order chi connectivity index (χ0) is 10.4. The van der Waals surface area contributed by atoms with E-state index in [2.05, 4.69) is 13.0 Å². The molecule has 1 rings (SSSR count).